The molecule has 10 heteroatoms. The van der Waals surface area contributed by atoms with Crippen molar-refractivity contribution < 1.29 is 22.0 Å². The molecule has 2 aromatic heterocycles. The van der Waals surface area contributed by atoms with Gasteiger partial charge in [0, 0.05) is 36.6 Å². The molecule has 1 aliphatic carbocycles. The van der Waals surface area contributed by atoms with Crippen LogP contribution in [0.2, 0.25) is 0 Å². The Labute approximate surface area is 245 Å². The fraction of sp³-hybridized carbons (Fsp3) is 0.375. The van der Waals surface area contributed by atoms with E-state index in [4.69, 9.17) is 4.42 Å². The summed E-state index contributed by atoms with van der Waals surface area (Å²) in [5, 5.41) is 5.52. The van der Waals surface area contributed by atoms with E-state index in [9.17, 15) is 13.2 Å². The molecule has 4 aromatic rings. The van der Waals surface area contributed by atoms with E-state index < -0.39 is 21.6 Å². The Bertz CT molecular complexity index is 1640. The minimum Gasteiger partial charge on any atom is -0.449 e. The van der Waals surface area contributed by atoms with Crippen LogP contribution in [-0.4, -0.2) is 32.4 Å². The van der Waals surface area contributed by atoms with Crippen molar-refractivity contribution in [3.8, 4) is 0 Å². The molecule has 220 valence electrons. The first kappa shape index (κ1) is 28.4. The highest BCUT2D eigenvalue weighted by Gasteiger charge is 2.38. The molecule has 1 amide bonds. The summed E-state index contributed by atoms with van der Waals surface area (Å²) >= 11 is 0. The van der Waals surface area contributed by atoms with Crippen molar-refractivity contribution in [2.45, 2.75) is 67.7 Å². The second kappa shape index (κ2) is 11.9. The monoisotopic (exact) mass is 590 g/mol. The number of carbonyl (C=O) groups is 1. The molecule has 3 heterocycles. The Kier molecular flexibility index (Phi) is 8.00. The van der Waals surface area contributed by atoms with Gasteiger partial charge in [-0.3, -0.25) is 9.78 Å². The Morgan fingerprint density at radius 1 is 1.00 bits per heavy atom. The Hall–Kier alpha value is -3.76. The molecule has 0 radical (unpaired) electrons. The Morgan fingerprint density at radius 2 is 1.74 bits per heavy atom. The first-order chi connectivity index (χ1) is 20.3. The third-order valence-electron chi connectivity index (χ3n) is 8.55. The maximum atomic E-state index is 15.3. The summed E-state index contributed by atoms with van der Waals surface area (Å²) < 4.78 is 47.5. The smallest absolute Gasteiger partial charge is 0.287 e. The van der Waals surface area contributed by atoms with E-state index in [1.807, 2.05) is 5.01 Å². The van der Waals surface area contributed by atoms with Gasteiger partial charge in [-0.05, 0) is 60.9 Å². The van der Waals surface area contributed by atoms with Crippen LogP contribution >= 0.6 is 0 Å². The average Bonchev–Trinajstić information content (AvgIpc) is 3.64. The van der Waals surface area contributed by atoms with E-state index in [1.165, 1.54) is 62.8 Å². The van der Waals surface area contributed by atoms with Crippen molar-refractivity contribution in [3.63, 3.8) is 0 Å². The highest BCUT2D eigenvalue weighted by Crippen LogP contribution is 2.38. The number of pyridine rings is 1. The maximum Gasteiger partial charge on any atom is 0.287 e. The SMILES string of the molecule is O=C(NCc1ccc(S(=O)(=O)c2ccc(N3CC4(CCCCCCCC4)CN3)cc2F)cc1)c1cc2ccncc2o1. The van der Waals surface area contributed by atoms with E-state index in [0.717, 1.165) is 31.3 Å². The molecular formula is C32H35FN4O4S. The van der Waals surface area contributed by atoms with E-state index in [2.05, 4.69) is 15.7 Å². The second-order valence-electron chi connectivity index (χ2n) is 11.5. The third kappa shape index (κ3) is 5.91. The molecule has 0 atom stereocenters. The predicted molar refractivity (Wildman–Crippen MR) is 158 cm³/mol. The molecule has 6 rings (SSSR count). The van der Waals surface area contributed by atoms with E-state index >= 15 is 4.39 Å². The average molecular weight is 591 g/mol. The standard InChI is InChI=1S/C32H35FN4O4S/c33-27-18-25(37-22-32(21-36-37)14-5-3-1-2-4-6-15-32)9-12-30(27)42(39,40)26-10-7-23(8-11-26)19-35-31(38)28-17-24-13-16-34-20-29(24)41-28/h7-13,16-18,20,36H,1-6,14-15,19,21-22H2,(H,35,38). The fourth-order valence-electron chi connectivity index (χ4n) is 6.11. The van der Waals surface area contributed by atoms with Gasteiger partial charge in [0.25, 0.3) is 5.91 Å². The minimum absolute atomic E-state index is 0.0159. The number of rotatable bonds is 6. The Balaban J connectivity index is 1.11. The molecule has 2 aromatic carbocycles. The number of anilines is 1. The van der Waals surface area contributed by atoms with Crippen molar-refractivity contribution in [3.05, 3.63) is 84.1 Å². The van der Waals surface area contributed by atoms with E-state index in [1.54, 1.807) is 42.7 Å². The molecule has 1 aliphatic heterocycles. The highest BCUT2D eigenvalue weighted by molar-refractivity contribution is 7.91. The number of hydrazine groups is 1. The van der Waals surface area contributed by atoms with Crippen LogP contribution in [0.5, 0.6) is 0 Å². The number of nitrogens with zero attached hydrogens (tertiary/aromatic N) is 2. The van der Waals surface area contributed by atoms with E-state index in [-0.39, 0.29) is 27.5 Å². The first-order valence-corrected chi connectivity index (χ1v) is 16.1. The predicted octanol–water partition coefficient (Wildman–Crippen LogP) is 6.18. The summed E-state index contributed by atoms with van der Waals surface area (Å²) in [6.07, 6.45) is 13.0. The minimum atomic E-state index is -4.08. The van der Waals surface area contributed by atoms with Crippen LogP contribution in [0, 0.1) is 11.2 Å². The van der Waals surface area contributed by atoms with Crippen molar-refractivity contribution in [1.29, 1.82) is 0 Å². The number of benzene rings is 2. The maximum absolute atomic E-state index is 15.3. The van der Waals surface area contributed by atoms with Crippen molar-refractivity contribution >= 4 is 32.4 Å². The summed E-state index contributed by atoms with van der Waals surface area (Å²) in [4.78, 5) is 16.1. The molecule has 2 N–H and O–H groups in total. The Morgan fingerprint density at radius 3 is 2.45 bits per heavy atom. The van der Waals surface area contributed by atoms with Gasteiger partial charge < -0.3 is 14.7 Å². The summed E-state index contributed by atoms with van der Waals surface area (Å²) in [5.74, 6) is -1.01. The molecule has 8 nitrogen and oxygen atoms in total. The summed E-state index contributed by atoms with van der Waals surface area (Å²) in [5.41, 5.74) is 5.46. The molecule has 1 saturated heterocycles. The van der Waals surface area contributed by atoms with Gasteiger partial charge in [0.05, 0.1) is 16.8 Å². The van der Waals surface area contributed by atoms with Crippen molar-refractivity contribution in [2.75, 3.05) is 18.1 Å². The molecule has 0 bridgehead atoms. The molecule has 2 fully saturated rings. The number of amides is 1. The molecular weight excluding hydrogens is 555 g/mol. The zero-order valence-electron chi connectivity index (χ0n) is 23.4. The topological polar surface area (TPSA) is 105 Å². The summed E-state index contributed by atoms with van der Waals surface area (Å²) in [6, 6.07) is 13.8. The van der Waals surface area contributed by atoms with E-state index in [0.29, 0.717) is 16.8 Å². The first-order valence-electron chi connectivity index (χ1n) is 14.6. The molecule has 1 saturated carbocycles. The number of fused-ring (bicyclic) bond motifs is 1. The van der Waals surface area contributed by atoms with Crippen LogP contribution < -0.4 is 15.8 Å². The number of furan rings is 1. The number of hydrogen-bond acceptors (Lipinski definition) is 7. The molecule has 0 unspecified atom stereocenters. The van der Waals surface area contributed by atoms with Gasteiger partial charge in [0.2, 0.25) is 9.84 Å². The number of nitrogens with one attached hydrogen (secondary N) is 2. The summed E-state index contributed by atoms with van der Waals surface area (Å²) in [7, 11) is -4.08. The molecule has 2 aliphatic rings. The molecule has 42 heavy (non-hydrogen) atoms. The van der Waals surface area contributed by atoms with Gasteiger partial charge >= 0.3 is 0 Å². The van der Waals surface area contributed by atoms with Gasteiger partial charge in [-0.15, -0.1) is 0 Å². The van der Waals surface area contributed by atoms with Gasteiger partial charge in [-0.25, -0.2) is 18.2 Å². The lowest BCUT2D eigenvalue weighted by molar-refractivity contribution is 0.0925. The van der Waals surface area contributed by atoms with Crippen LogP contribution in [-0.2, 0) is 16.4 Å². The number of aromatic nitrogens is 1. The summed E-state index contributed by atoms with van der Waals surface area (Å²) in [6.45, 7) is 1.82. The van der Waals surface area contributed by atoms with Crippen LogP contribution in [0.25, 0.3) is 11.0 Å². The highest BCUT2D eigenvalue weighted by atomic mass is 32.2. The van der Waals surface area contributed by atoms with Gasteiger partial charge in [0.15, 0.2) is 11.3 Å². The number of hydrogen-bond donors (Lipinski definition) is 2. The van der Waals surface area contributed by atoms with Crippen LogP contribution in [0.1, 0.15) is 67.5 Å². The third-order valence-corrected chi connectivity index (χ3v) is 10.4. The van der Waals surface area contributed by atoms with Gasteiger partial charge in [-0.2, -0.15) is 0 Å². The number of carbonyl (C=O) groups excluding carboxylic acids is 1. The van der Waals surface area contributed by atoms with Crippen LogP contribution in [0.3, 0.4) is 0 Å². The quantitative estimate of drug-likeness (QED) is 0.277. The normalized spacial score (nSPS) is 17.6. The lowest BCUT2D eigenvalue weighted by Gasteiger charge is -2.28. The molecule has 1 spiro atoms. The van der Waals surface area contributed by atoms with Crippen molar-refractivity contribution in [1.82, 2.24) is 15.7 Å². The van der Waals surface area contributed by atoms with Gasteiger partial charge in [-0.1, -0.05) is 50.7 Å². The lowest BCUT2D eigenvalue weighted by atomic mass is 9.79. The van der Waals surface area contributed by atoms with Crippen LogP contribution in [0.4, 0.5) is 10.1 Å². The zero-order valence-corrected chi connectivity index (χ0v) is 24.3. The lowest BCUT2D eigenvalue weighted by Crippen LogP contribution is -2.31. The second-order valence-corrected chi connectivity index (χ2v) is 13.4. The zero-order chi connectivity index (χ0) is 29.2. The largest absolute Gasteiger partial charge is 0.449 e. The van der Waals surface area contributed by atoms with Gasteiger partial charge in [0.1, 0.15) is 10.7 Å². The van der Waals surface area contributed by atoms with Crippen molar-refractivity contribution in [2.24, 2.45) is 5.41 Å². The van der Waals surface area contributed by atoms with Crippen LogP contribution in [0.15, 0.2) is 81.2 Å². The number of sulfone groups is 1. The number of halogens is 1. The fourth-order valence-corrected chi connectivity index (χ4v) is 7.43.